The van der Waals surface area contributed by atoms with Crippen molar-refractivity contribution in [2.75, 3.05) is 5.75 Å². The average molecular weight is 297 g/mol. The number of nitrogens with one attached hydrogen (secondary N) is 2. The molecule has 0 saturated carbocycles. The first-order valence-corrected chi connectivity index (χ1v) is 7.76. The van der Waals surface area contributed by atoms with E-state index in [0.29, 0.717) is 11.6 Å². The highest BCUT2D eigenvalue weighted by Gasteiger charge is 2.24. The van der Waals surface area contributed by atoms with E-state index in [4.69, 9.17) is 0 Å². The second-order valence-electron chi connectivity index (χ2n) is 5.62. The Morgan fingerprint density at radius 3 is 2.65 bits per heavy atom. The van der Waals surface area contributed by atoms with Crippen molar-refractivity contribution in [3.05, 3.63) is 10.5 Å². The van der Waals surface area contributed by atoms with Crippen LogP contribution < -0.4 is 11.0 Å². The minimum absolute atomic E-state index is 0.0693. The number of H-pyrrole nitrogens is 1. The smallest absolute Gasteiger partial charge is 0.297 e. The van der Waals surface area contributed by atoms with Crippen LogP contribution in [-0.2, 0) is 0 Å². The van der Waals surface area contributed by atoms with E-state index in [2.05, 4.69) is 21.6 Å². The molecule has 0 radical (unpaired) electrons. The third-order valence-electron chi connectivity index (χ3n) is 2.88. The molecular formula is C13H23N5OS. The first kappa shape index (κ1) is 16.8. The van der Waals surface area contributed by atoms with Gasteiger partial charge in [0.2, 0.25) is 0 Å². The van der Waals surface area contributed by atoms with E-state index in [1.807, 2.05) is 34.6 Å². The third-order valence-corrected chi connectivity index (χ3v) is 3.83. The van der Waals surface area contributed by atoms with E-state index in [9.17, 15) is 10.1 Å². The Hall–Kier alpha value is -1.26. The largest absolute Gasteiger partial charge is 0.344 e. The van der Waals surface area contributed by atoms with Crippen molar-refractivity contribution < 1.29 is 0 Å². The van der Waals surface area contributed by atoms with Crippen LogP contribution in [0.4, 0.5) is 0 Å². The van der Waals surface area contributed by atoms with Gasteiger partial charge in [-0.15, -0.1) is 5.10 Å². The highest BCUT2D eigenvalue weighted by Crippen LogP contribution is 2.21. The topological polar surface area (TPSA) is 86.5 Å². The molecule has 2 N–H and O–H groups in total. The SMILES string of the molecule is CC(C)NC(C)(C#N)CCSc1n[nH]c(=O)n1C(C)C. The molecule has 0 aliphatic rings. The lowest BCUT2D eigenvalue weighted by molar-refractivity contribution is 0.397. The number of aromatic amines is 1. The van der Waals surface area contributed by atoms with Crippen LogP contribution in [0.3, 0.4) is 0 Å². The van der Waals surface area contributed by atoms with Crippen LogP contribution >= 0.6 is 11.8 Å². The second kappa shape index (κ2) is 6.95. The van der Waals surface area contributed by atoms with Gasteiger partial charge in [-0.3, -0.25) is 9.88 Å². The maximum absolute atomic E-state index is 11.6. The highest BCUT2D eigenvalue weighted by molar-refractivity contribution is 7.99. The molecule has 1 unspecified atom stereocenters. The van der Waals surface area contributed by atoms with E-state index >= 15 is 0 Å². The summed E-state index contributed by atoms with van der Waals surface area (Å²) in [5, 5.41) is 19.7. The van der Waals surface area contributed by atoms with Gasteiger partial charge < -0.3 is 0 Å². The van der Waals surface area contributed by atoms with E-state index in [0.717, 1.165) is 5.75 Å². The summed E-state index contributed by atoms with van der Waals surface area (Å²) < 4.78 is 1.63. The highest BCUT2D eigenvalue weighted by atomic mass is 32.2. The number of rotatable bonds is 7. The minimum Gasteiger partial charge on any atom is -0.297 e. The molecule has 1 heterocycles. The first-order chi connectivity index (χ1) is 9.29. The van der Waals surface area contributed by atoms with Gasteiger partial charge >= 0.3 is 5.69 Å². The number of hydrogen-bond acceptors (Lipinski definition) is 5. The number of nitriles is 1. The predicted octanol–water partition coefficient (Wildman–Crippen LogP) is 1.91. The quantitative estimate of drug-likeness (QED) is 0.751. The van der Waals surface area contributed by atoms with Crippen molar-refractivity contribution in [3.63, 3.8) is 0 Å². The molecule has 0 bridgehead atoms. The third kappa shape index (κ3) is 4.39. The van der Waals surface area contributed by atoms with Crippen molar-refractivity contribution >= 4 is 11.8 Å². The fourth-order valence-electron chi connectivity index (χ4n) is 1.99. The molecule has 20 heavy (non-hydrogen) atoms. The Balaban J connectivity index is 2.65. The molecule has 1 atom stereocenters. The van der Waals surface area contributed by atoms with Crippen molar-refractivity contribution in [2.45, 2.75) is 63.8 Å². The van der Waals surface area contributed by atoms with Gasteiger partial charge in [0.15, 0.2) is 5.16 Å². The molecule has 1 rings (SSSR count). The summed E-state index contributed by atoms with van der Waals surface area (Å²) >= 11 is 1.50. The minimum atomic E-state index is -0.555. The van der Waals surface area contributed by atoms with Gasteiger partial charge in [-0.2, -0.15) is 5.26 Å². The summed E-state index contributed by atoms with van der Waals surface area (Å²) in [6, 6.07) is 2.64. The second-order valence-corrected chi connectivity index (χ2v) is 6.68. The van der Waals surface area contributed by atoms with E-state index in [-0.39, 0.29) is 17.8 Å². The normalized spacial score (nSPS) is 14.5. The molecular weight excluding hydrogens is 274 g/mol. The molecule has 112 valence electrons. The number of nitrogens with zero attached hydrogens (tertiary/aromatic N) is 3. The maximum Gasteiger partial charge on any atom is 0.344 e. The Bertz CT molecular complexity index is 528. The fourth-order valence-corrected chi connectivity index (χ4v) is 3.23. The molecule has 1 aromatic heterocycles. The number of hydrogen-bond donors (Lipinski definition) is 2. The van der Waals surface area contributed by atoms with Crippen LogP contribution in [0, 0.1) is 11.3 Å². The Kier molecular flexibility index (Phi) is 5.84. The Labute approximate surface area is 123 Å². The van der Waals surface area contributed by atoms with Crippen molar-refractivity contribution in [1.82, 2.24) is 20.1 Å². The van der Waals surface area contributed by atoms with E-state index < -0.39 is 5.54 Å². The van der Waals surface area contributed by atoms with Crippen LogP contribution in [0.5, 0.6) is 0 Å². The van der Waals surface area contributed by atoms with E-state index in [1.54, 1.807) is 4.57 Å². The average Bonchev–Trinajstić information content (AvgIpc) is 2.69. The maximum atomic E-state index is 11.6. The summed E-state index contributed by atoms with van der Waals surface area (Å²) in [7, 11) is 0. The number of aromatic nitrogens is 3. The summed E-state index contributed by atoms with van der Waals surface area (Å²) in [5.41, 5.74) is -0.744. The molecule has 0 saturated heterocycles. The molecule has 0 amide bonds. The fraction of sp³-hybridized carbons (Fsp3) is 0.769. The van der Waals surface area contributed by atoms with Crippen LogP contribution in [0.25, 0.3) is 0 Å². The van der Waals surface area contributed by atoms with Gasteiger partial charge in [0.25, 0.3) is 0 Å². The van der Waals surface area contributed by atoms with Crippen molar-refractivity contribution in [2.24, 2.45) is 0 Å². The van der Waals surface area contributed by atoms with Gasteiger partial charge in [0.1, 0.15) is 5.54 Å². The molecule has 0 aliphatic carbocycles. The molecule has 0 spiro atoms. The lowest BCUT2D eigenvalue weighted by atomic mass is 10.0. The first-order valence-electron chi connectivity index (χ1n) is 6.77. The van der Waals surface area contributed by atoms with Crippen LogP contribution in [0.15, 0.2) is 9.95 Å². The zero-order valence-electron chi connectivity index (χ0n) is 12.7. The van der Waals surface area contributed by atoms with Crippen LogP contribution in [-0.4, -0.2) is 32.1 Å². The standard InChI is InChI=1S/C13H23N5OS/c1-9(2)15-13(5,8-14)6-7-20-12-17-16-11(19)18(12)10(3)4/h9-10,15H,6-7H2,1-5H3,(H,16,19). The van der Waals surface area contributed by atoms with E-state index in [1.165, 1.54) is 11.8 Å². The van der Waals surface area contributed by atoms with Gasteiger partial charge in [-0.05, 0) is 41.0 Å². The Morgan fingerprint density at radius 1 is 1.50 bits per heavy atom. The summed E-state index contributed by atoms with van der Waals surface area (Å²) in [6.45, 7) is 9.83. The van der Waals surface area contributed by atoms with Crippen molar-refractivity contribution in [3.8, 4) is 6.07 Å². The van der Waals surface area contributed by atoms with Gasteiger partial charge in [0.05, 0.1) is 6.07 Å². The monoisotopic (exact) mass is 297 g/mol. The van der Waals surface area contributed by atoms with Crippen LogP contribution in [0.2, 0.25) is 0 Å². The van der Waals surface area contributed by atoms with Gasteiger partial charge in [0, 0.05) is 17.8 Å². The lowest BCUT2D eigenvalue weighted by Crippen LogP contribution is -2.45. The van der Waals surface area contributed by atoms with Crippen molar-refractivity contribution in [1.29, 1.82) is 5.26 Å². The van der Waals surface area contributed by atoms with Gasteiger partial charge in [-0.1, -0.05) is 11.8 Å². The Morgan fingerprint density at radius 2 is 2.15 bits per heavy atom. The predicted molar refractivity (Wildman–Crippen MR) is 80.9 cm³/mol. The summed E-state index contributed by atoms with van der Waals surface area (Å²) in [5.74, 6) is 0.723. The zero-order chi connectivity index (χ0) is 15.3. The molecule has 0 fully saturated rings. The summed E-state index contributed by atoms with van der Waals surface area (Å²) in [4.78, 5) is 11.6. The molecule has 6 nitrogen and oxygen atoms in total. The zero-order valence-corrected chi connectivity index (χ0v) is 13.5. The van der Waals surface area contributed by atoms with Gasteiger partial charge in [-0.25, -0.2) is 9.89 Å². The van der Waals surface area contributed by atoms with Crippen LogP contribution in [0.1, 0.15) is 47.1 Å². The summed E-state index contributed by atoms with van der Waals surface area (Å²) in [6.07, 6.45) is 0.686. The molecule has 0 aromatic carbocycles. The molecule has 0 aliphatic heterocycles. The molecule has 1 aromatic rings. The number of thioether (sulfide) groups is 1. The molecule has 7 heteroatoms. The lowest BCUT2D eigenvalue weighted by Gasteiger charge is -2.25.